The molecule has 0 aromatic heterocycles. The number of aliphatic hydroxyl groups is 4. The van der Waals surface area contributed by atoms with Gasteiger partial charge in [-0.2, -0.15) is 0 Å². The van der Waals surface area contributed by atoms with Crippen LogP contribution in [-0.2, 0) is 18.9 Å². The van der Waals surface area contributed by atoms with Gasteiger partial charge in [0.1, 0.15) is 0 Å². The van der Waals surface area contributed by atoms with Crippen molar-refractivity contribution >= 4 is 0 Å². The summed E-state index contributed by atoms with van der Waals surface area (Å²) in [6.45, 7) is 0.416. The van der Waals surface area contributed by atoms with E-state index in [1.54, 1.807) is 0 Å². The minimum absolute atomic E-state index is 0.208. The standard InChI is InChI=1S/C6H10O8/c7-3-5(8,9)14-6(10,13-3)4-11-1-2-12-4/h3-4,7-10H,1-2H2. The van der Waals surface area contributed by atoms with E-state index in [9.17, 15) is 5.11 Å². The molecule has 8 heteroatoms. The van der Waals surface area contributed by atoms with Gasteiger partial charge in [-0.3, -0.25) is 9.47 Å². The minimum Gasteiger partial charge on any atom is -0.362 e. The van der Waals surface area contributed by atoms with Crippen LogP contribution in [-0.4, -0.2) is 58.2 Å². The summed E-state index contributed by atoms with van der Waals surface area (Å²) in [5.41, 5.74) is 0. The summed E-state index contributed by atoms with van der Waals surface area (Å²) in [6.07, 6.45) is -3.42. The molecule has 0 radical (unpaired) electrons. The Morgan fingerprint density at radius 3 is 2.07 bits per heavy atom. The average molecular weight is 210 g/mol. The zero-order valence-corrected chi connectivity index (χ0v) is 6.99. The summed E-state index contributed by atoms with van der Waals surface area (Å²) in [7, 11) is 0. The SMILES string of the molecule is OC1OC(O)(C2OCCO2)OC1(O)O. The van der Waals surface area contributed by atoms with Crippen LogP contribution in [0.5, 0.6) is 0 Å². The smallest absolute Gasteiger partial charge is 0.341 e. The molecule has 2 aliphatic rings. The molecule has 8 nitrogen and oxygen atoms in total. The molecule has 0 amide bonds. The molecule has 0 saturated carbocycles. The topological polar surface area (TPSA) is 118 Å². The number of hydrogen-bond donors (Lipinski definition) is 4. The lowest BCUT2D eigenvalue weighted by atomic mass is 10.5. The fourth-order valence-corrected chi connectivity index (χ4v) is 1.20. The van der Waals surface area contributed by atoms with Gasteiger partial charge in [-0.15, -0.1) is 0 Å². The molecule has 14 heavy (non-hydrogen) atoms. The van der Waals surface area contributed by atoms with Crippen molar-refractivity contribution in [2.75, 3.05) is 13.2 Å². The predicted molar refractivity (Wildman–Crippen MR) is 36.0 cm³/mol. The second kappa shape index (κ2) is 3.08. The Hall–Kier alpha value is -0.320. The third-order valence-electron chi connectivity index (χ3n) is 1.82. The Balaban J connectivity index is 2.11. The molecule has 2 atom stereocenters. The van der Waals surface area contributed by atoms with E-state index in [4.69, 9.17) is 24.8 Å². The highest BCUT2D eigenvalue weighted by atomic mass is 17.0. The Labute approximate surface area is 78.2 Å². The van der Waals surface area contributed by atoms with Crippen LogP contribution in [0.4, 0.5) is 0 Å². The molecule has 0 spiro atoms. The van der Waals surface area contributed by atoms with E-state index in [0.29, 0.717) is 0 Å². The molecule has 0 aromatic rings. The third-order valence-corrected chi connectivity index (χ3v) is 1.82. The van der Waals surface area contributed by atoms with Crippen LogP contribution < -0.4 is 0 Å². The molecule has 2 rings (SSSR count). The van der Waals surface area contributed by atoms with Crippen molar-refractivity contribution in [2.45, 2.75) is 24.5 Å². The van der Waals surface area contributed by atoms with Gasteiger partial charge in [0.15, 0.2) is 0 Å². The highest BCUT2D eigenvalue weighted by Gasteiger charge is 2.61. The molecule has 2 unspecified atom stereocenters. The van der Waals surface area contributed by atoms with E-state index < -0.39 is 24.5 Å². The van der Waals surface area contributed by atoms with Crippen molar-refractivity contribution in [1.29, 1.82) is 0 Å². The van der Waals surface area contributed by atoms with E-state index in [0.717, 1.165) is 0 Å². The van der Waals surface area contributed by atoms with Crippen LogP contribution >= 0.6 is 0 Å². The van der Waals surface area contributed by atoms with Crippen molar-refractivity contribution in [2.24, 2.45) is 0 Å². The maximum atomic E-state index is 9.52. The highest BCUT2D eigenvalue weighted by molar-refractivity contribution is 4.75. The average Bonchev–Trinajstić information content (AvgIpc) is 2.59. The van der Waals surface area contributed by atoms with Crippen molar-refractivity contribution < 1.29 is 39.4 Å². The monoisotopic (exact) mass is 210 g/mol. The maximum absolute atomic E-state index is 9.52. The first kappa shape index (κ1) is 10.2. The van der Waals surface area contributed by atoms with Crippen molar-refractivity contribution in [3.05, 3.63) is 0 Å². The summed E-state index contributed by atoms with van der Waals surface area (Å²) in [4.78, 5) is 0. The summed E-state index contributed by atoms with van der Waals surface area (Å²) in [5, 5.41) is 36.3. The molecule has 2 fully saturated rings. The van der Waals surface area contributed by atoms with Crippen LogP contribution in [0.15, 0.2) is 0 Å². The van der Waals surface area contributed by atoms with E-state index in [1.165, 1.54) is 0 Å². The number of hydrogen-bond acceptors (Lipinski definition) is 8. The fourth-order valence-electron chi connectivity index (χ4n) is 1.20. The van der Waals surface area contributed by atoms with E-state index in [-0.39, 0.29) is 13.2 Å². The summed E-state index contributed by atoms with van der Waals surface area (Å²) in [5.74, 6) is -5.50. The fraction of sp³-hybridized carbons (Fsp3) is 1.00. The van der Waals surface area contributed by atoms with E-state index >= 15 is 0 Å². The zero-order valence-electron chi connectivity index (χ0n) is 6.99. The lowest BCUT2D eigenvalue weighted by Gasteiger charge is -2.25. The first-order valence-corrected chi connectivity index (χ1v) is 3.90. The Morgan fingerprint density at radius 1 is 1.07 bits per heavy atom. The molecule has 2 heterocycles. The van der Waals surface area contributed by atoms with Crippen LogP contribution in [0.25, 0.3) is 0 Å². The van der Waals surface area contributed by atoms with Gasteiger partial charge in [0.2, 0.25) is 12.6 Å². The number of rotatable bonds is 1. The van der Waals surface area contributed by atoms with Crippen molar-refractivity contribution in [3.8, 4) is 0 Å². The molecule has 82 valence electrons. The lowest BCUT2D eigenvalue weighted by molar-refractivity contribution is -0.441. The lowest BCUT2D eigenvalue weighted by Crippen LogP contribution is -2.46. The Kier molecular flexibility index (Phi) is 2.25. The largest absolute Gasteiger partial charge is 0.362 e. The molecule has 0 bridgehead atoms. The van der Waals surface area contributed by atoms with E-state index in [2.05, 4.69) is 9.47 Å². The Morgan fingerprint density at radius 2 is 1.64 bits per heavy atom. The summed E-state index contributed by atoms with van der Waals surface area (Å²) in [6, 6.07) is 0. The van der Waals surface area contributed by atoms with Gasteiger partial charge in [0.05, 0.1) is 13.2 Å². The minimum atomic E-state index is -2.98. The second-order valence-electron chi connectivity index (χ2n) is 2.94. The maximum Gasteiger partial charge on any atom is 0.341 e. The first-order chi connectivity index (χ1) is 6.44. The Bertz CT molecular complexity index is 224. The molecular weight excluding hydrogens is 200 g/mol. The number of aliphatic hydroxyl groups excluding tert-OH is 1. The highest BCUT2D eigenvalue weighted by Crippen LogP contribution is 2.35. The molecule has 2 aliphatic heterocycles. The van der Waals surface area contributed by atoms with Crippen LogP contribution in [0.1, 0.15) is 0 Å². The third kappa shape index (κ3) is 1.51. The second-order valence-corrected chi connectivity index (χ2v) is 2.94. The van der Waals surface area contributed by atoms with Gasteiger partial charge in [0, 0.05) is 0 Å². The molecule has 0 aliphatic carbocycles. The predicted octanol–water partition coefficient (Wildman–Crippen LogP) is -2.99. The van der Waals surface area contributed by atoms with Gasteiger partial charge < -0.3 is 29.9 Å². The van der Waals surface area contributed by atoms with Gasteiger partial charge in [-0.1, -0.05) is 0 Å². The molecular formula is C6H10O8. The summed E-state index contributed by atoms with van der Waals surface area (Å²) >= 11 is 0. The summed E-state index contributed by atoms with van der Waals surface area (Å²) < 4.78 is 18.3. The van der Waals surface area contributed by atoms with Gasteiger partial charge in [-0.05, 0) is 0 Å². The van der Waals surface area contributed by atoms with Crippen LogP contribution in [0.2, 0.25) is 0 Å². The van der Waals surface area contributed by atoms with Crippen molar-refractivity contribution in [1.82, 2.24) is 0 Å². The van der Waals surface area contributed by atoms with Crippen molar-refractivity contribution in [3.63, 3.8) is 0 Å². The van der Waals surface area contributed by atoms with Crippen LogP contribution in [0, 0.1) is 0 Å². The molecule has 4 N–H and O–H groups in total. The molecule has 2 saturated heterocycles. The molecule has 0 aromatic carbocycles. The quantitative estimate of drug-likeness (QED) is 0.338. The number of ether oxygens (including phenoxy) is 4. The van der Waals surface area contributed by atoms with Gasteiger partial charge in [0.25, 0.3) is 0 Å². The van der Waals surface area contributed by atoms with Gasteiger partial charge in [-0.25, -0.2) is 0 Å². The van der Waals surface area contributed by atoms with E-state index in [1.807, 2.05) is 0 Å². The van der Waals surface area contributed by atoms with Gasteiger partial charge >= 0.3 is 11.9 Å². The first-order valence-electron chi connectivity index (χ1n) is 3.90. The normalized spacial score (nSPS) is 43.3. The zero-order chi connectivity index (χ0) is 10.4. The van der Waals surface area contributed by atoms with Crippen LogP contribution in [0.3, 0.4) is 0 Å².